The normalized spacial score (nSPS) is 19.6. The smallest absolute Gasteiger partial charge is 0.239 e. The van der Waals surface area contributed by atoms with Crippen molar-refractivity contribution in [2.75, 3.05) is 20.1 Å². The van der Waals surface area contributed by atoms with Crippen LogP contribution >= 0.6 is 12.4 Å². The number of likely N-dealkylation sites (N-methyl/N-ethyl adjacent to an activating group) is 1. The van der Waals surface area contributed by atoms with Crippen LogP contribution in [0.3, 0.4) is 0 Å². The van der Waals surface area contributed by atoms with Crippen molar-refractivity contribution < 1.29 is 4.79 Å². The minimum absolute atomic E-state index is 0. The van der Waals surface area contributed by atoms with Gasteiger partial charge in [0, 0.05) is 13.1 Å². The Balaban J connectivity index is 0.00000169. The van der Waals surface area contributed by atoms with Gasteiger partial charge in [-0.1, -0.05) is 0 Å². The highest BCUT2D eigenvalue weighted by Crippen LogP contribution is 2.10. The number of nitrogens with zero attached hydrogens (tertiary/aromatic N) is 1. The summed E-state index contributed by atoms with van der Waals surface area (Å²) in [5.74, 6) is 0.0481. The van der Waals surface area contributed by atoms with Crippen molar-refractivity contribution in [3.63, 3.8) is 0 Å². The zero-order valence-corrected chi connectivity index (χ0v) is 9.64. The molecule has 84 valence electrons. The maximum absolute atomic E-state index is 11.5. The van der Waals surface area contributed by atoms with Crippen LogP contribution in [-0.4, -0.2) is 43.0 Å². The molecule has 14 heavy (non-hydrogen) atoms. The van der Waals surface area contributed by atoms with Gasteiger partial charge >= 0.3 is 0 Å². The van der Waals surface area contributed by atoms with Gasteiger partial charge in [0.15, 0.2) is 0 Å². The number of nitrogens with one attached hydrogen (secondary N) is 1. The number of rotatable bonds is 2. The molecule has 3 N–H and O–H groups in total. The van der Waals surface area contributed by atoms with E-state index in [-0.39, 0.29) is 24.4 Å². The summed E-state index contributed by atoms with van der Waals surface area (Å²) in [5.41, 5.74) is 5.54. The van der Waals surface area contributed by atoms with Gasteiger partial charge in [-0.05, 0) is 32.9 Å². The number of hydrogen-bond acceptors (Lipinski definition) is 3. The van der Waals surface area contributed by atoms with E-state index in [2.05, 4.69) is 5.32 Å². The average molecular weight is 222 g/mol. The summed E-state index contributed by atoms with van der Waals surface area (Å²) in [4.78, 5) is 13.3. The third kappa shape index (κ3) is 3.44. The fourth-order valence-electron chi connectivity index (χ4n) is 1.70. The fourth-order valence-corrected chi connectivity index (χ4v) is 1.70. The van der Waals surface area contributed by atoms with E-state index in [0.29, 0.717) is 6.04 Å². The molecule has 1 atom stereocenters. The van der Waals surface area contributed by atoms with Crippen LogP contribution in [-0.2, 0) is 4.79 Å². The highest BCUT2D eigenvalue weighted by atomic mass is 35.5. The molecule has 1 unspecified atom stereocenters. The van der Waals surface area contributed by atoms with E-state index in [0.717, 1.165) is 25.9 Å². The predicted octanol–water partition coefficient (Wildman–Crippen LogP) is -0.0342. The zero-order chi connectivity index (χ0) is 9.84. The summed E-state index contributed by atoms with van der Waals surface area (Å²) in [5, 5.41) is 3.27. The molecule has 0 aliphatic carbocycles. The van der Waals surface area contributed by atoms with Crippen molar-refractivity contribution >= 4 is 18.3 Å². The molecule has 4 nitrogen and oxygen atoms in total. The van der Waals surface area contributed by atoms with Gasteiger partial charge in [0.2, 0.25) is 5.91 Å². The SMILES string of the molecule is CC(N)C(=O)N(C)C1CCNCC1.Cl. The number of carbonyl (C=O) groups is 1. The Morgan fingerprint density at radius 1 is 1.50 bits per heavy atom. The maximum atomic E-state index is 11.5. The van der Waals surface area contributed by atoms with Crippen molar-refractivity contribution in [2.24, 2.45) is 5.73 Å². The van der Waals surface area contributed by atoms with Crippen LogP contribution in [0.15, 0.2) is 0 Å². The Bertz CT molecular complexity index is 181. The molecular weight excluding hydrogens is 202 g/mol. The quantitative estimate of drug-likeness (QED) is 0.689. The van der Waals surface area contributed by atoms with Crippen molar-refractivity contribution in [1.29, 1.82) is 0 Å². The molecule has 1 saturated heterocycles. The number of carbonyl (C=O) groups excluding carboxylic acids is 1. The monoisotopic (exact) mass is 221 g/mol. The van der Waals surface area contributed by atoms with E-state index in [1.807, 2.05) is 7.05 Å². The lowest BCUT2D eigenvalue weighted by Crippen LogP contribution is -2.48. The van der Waals surface area contributed by atoms with Gasteiger partial charge in [-0.2, -0.15) is 0 Å². The van der Waals surface area contributed by atoms with E-state index in [9.17, 15) is 4.79 Å². The van der Waals surface area contributed by atoms with Gasteiger partial charge in [-0.15, -0.1) is 12.4 Å². The van der Waals surface area contributed by atoms with Gasteiger partial charge < -0.3 is 16.0 Å². The number of nitrogens with two attached hydrogens (primary N) is 1. The average Bonchev–Trinajstić information content (AvgIpc) is 2.17. The Morgan fingerprint density at radius 2 is 2.00 bits per heavy atom. The van der Waals surface area contributed by atoms with Crippen molar-refractivity contribution in [1.82, 2.24) is 10.2 Å². The summed E-state index contributed by atoms with van der Waals surface area (Å²) in [6.07, 6.45) is 2.07. The van der Waals surface area contributed by atoms with Crippen LogP contribution in [0.2, 0.25) is 0 Å². The van der Waals surface area contributed by atoms with Gasteiger partial charge in [-0.3, -0.25) is 4.79 Å². The Hall–Kier alpha value is -0.320. The van der Waals surface area contributed by atoms with Crippen molar-refractivity contribution in [3.05, 3.63) is 0 Å². The lowest BCUT2D eigenvalue weighted by atomic mass is 10.0. The van der Waals surface area contributed by atoms with Crippen LogP contribution in [0.4, 0.5) is 0 Å². The third-order valence-corrected chi connectivity index (χ3v) is 2.59. The highest BCUT2D eigenvalue weighted by Gasteiger charge is 2.23. The second-order valence-corrected chi connectivity index (χ2v) is 3.72. The molecule has 0 aromatic carbocycles. The molecule has 0 spiro atoms. The standard InChI is InChI=1S/C9H19N3O.ClH/c1-7(10)9(13)12(2)8-3-5-11-6-4-8;/h7-8,11H,3-6,10H2,1-2H3;1H. The number of amides is 1. The lowest BCUT2D eigenvalue weighted by Gasteiger charge is -2.32. The molecule has 0 aromatic heterocycles. The first kappa shape index (κ1) is 13.7. The van der Waals surface area contributed by atoms with Crippen LogP contribution < -0.4 is 11.1 Å². The minimum atomic E-state index is -0.375. The Labute approximate surface area is 91.6 Å². The number of halogens is 1. The summed E-state index contributed by atoms with van der Waals surface area (Å²) in [6.45, 7) is 3.74. The first-order valence-electron chi connectivity index (χ1n) is 4.86. The van der Waals surface area contributed by atoms with Crippen LogP contribution in [0.25, 0.3) is 0 Å². The third-order valence-electron chi connectivity index (χ3n) is 2.59. The second kappa shape index (κ2) is 6.22. The molecule has 1 aliphatic heterocycles. The molecule has 1 aliphatic rings. The fraction of sp³-hybridized carbons (Fsp3) is 0.889. The molecule has 0 aromatic rings. The summed E-state index contributed by atoms with van der Waals surface area (Å²) >= 11 is 0. The van der Waals surface area contributed by atoms with Gasteiger partial charge in [0.25, 0.3) is 0 Å². The Kier molecular flexibility index (Phi) is 6.08. The number of hydrogen-bond donors (Lipinski definition) is 2. The first-order chi connectivity index (χ1) is 6.13. The minimum Gasteiger partial charge on any atom is -0.341 e. The largest absolute Gasteiger partial charge is 0.341 e. The molecule has 1 fully saturated rings. The summed E-state index contributed by atoms with van der Waals surface area (Å²) < 4.78 is 0. The molecule has 0 bridgehead atoms. The van der Waals surface area contributed by atoms with Gasteiger partial charge in [-0.25, -0.2) is 0 Å². The van der Waals surface area contributed by atoms with Gasteiger partial charge in [0.05, 0.1) is 6.04 Å². The molecule has 1 rings (SSSR count). The van der Waals surface area contributed by atoms with Crippen LogP contribution in [0.5, 0.6) is 0 Å². The molecule has 1 heterocycles. The Morgan fingerprint density at radius 3 is 2.43 bits per heavy atom. The second-order valence-electron chi connectivity index (χ2n) is 3.72. The van der Waals surface area contributed by atoms with E-state index < -0.39 is 0 Å². The first-order valence-corrected chi connectivity index (χ1v) is 4.86. The molecule has 5 heteroatoms. The molecular formula is C9H20ClN3O. The molecule has 0 radical (unpaired) electrons. The van der Waals surface area contributed by atoms with E-state index in [1.54, 1.807) is 11.8 Å². The van der Waals surface area contributed by atoms with Crippen LogP contribution in [0.1, 0.15) is 19.8 Å². The van der Waals surface area contributed by atoms with E-state index in [1.165, 1.54) is 0 Å². The lowest BCUT2D eigenvalue weighted by molar-refractivity contribution is -0.133. The summed E-state index contributed by atoms with van der Waals surface area (Å²) in [7, 11) is 1.85. The van der Waals surface area contributed by atoms with E-state index >= 15 is 0 Å². The predicted molar refractivity (Wildman–Crippen MR) is 59.6 cm³/mol. The maximum Gasteiger partial charge on any atom is 0.239 e. The van der Waals surface area contributed by atoms with Crippen molar-refractivity contribution in [2.45, 2.75) is 31.8 Å². The van der Waals surface area contributed by atoms with Crippen LogP contribution in [0, 0.1) is 0 Å². The van der Waals surface area contributed by atoms with Crippen molar-refractivity contribution in [3.8, 4) is 0 Å². The van der Waals surface area contributed by atoms with E-state index in [4.69, 9.17) is 5.73 Å². The number of piperidine rings is 1. The molecule has 1 amide bonds. The zero-order valence-electron chi connectivity index (χ0n) is 8.82. The molecule has 0 saturated carbocycles. The topological polar surface area (TPSA) is 58.4 Å². The summed E-state index contributed by atoms with van der Waals surface area (Å²) in [6, 6.07) is -0.000337. The highest BCUT2D eigenvalue weighted by molar-refractivity contribution is 5.85. The van der Waals surface area contributed by atoms with Gasteiger partial charge in [0.1, 0.15) is 0 Å².